The van der Waals surface area contributed by atoms with Crippen molar-refractivity contribution >= 4 is 0 Å². The quantitative estimate of drug-likeness (QED) is 0.218. The summed E-state index contributed by atoms with van der Waals surface area (Å²) in [5, 5.41) is 0. The highest BCUT2D eigenvalue weighted by Gasteiger charge is 2.53. The highest BCUT2D eigenvalue weighted by atomic mass is 16.5. The lowest BCUT2D eigenvalue weighted by Crippen LogP contribution is -2.51. The molecule has 0 atom stereocenters. The second-order valence-electron chi connectivity index (χ2n) is 11.5. The Morgan fingerprint density at radius 2 is 0.818 bits per heavy atom. The summed E-state index contributed by atoms with van der Waals surface area (Å²) in [5.41, 5.74) is 13.1. The van der Waals surface area contributed by atoms with E-state index in [0.717, 1.165) is 62.0 Å². The lowest BCUT2D eigenvalue weighted by Gasteiger charge is -2.53. The number of rotatable bonds is 14. The summed E-state index contributed by atoms with van der Waals surface area (Å²) in [7, 11) is 6.77. The van der Waals surface area contributed by atoms with Gasteiger partial charge in [-0.25, -0.2) is 9.13 Å². The Labute approximate surface area is 261 Å². The SMILES string of the molecule is COc1ccc(C2C(c3cc[n+](CCC[NH3+])cc3)C(c3ccc(OC)c(OC)c3)C2c2cc[n+](CCC[NH3+])cc2)cc1OC. The first-order valence-corrected chi connectivity index (χ1v) is 15.6. The molecule has 0 unspecified atom stereocenters. The number of hydrogen-bond donors (Lipinski definition) is 2. The molecule has 2 heterocycles. The molecule has 0 aliphatic heterocycles. The van der Waals surface area contributed by atoms with Crippen molar-refractivity contribution in [2.75, 3.05) is 41.5 Å². The molecular weight excluding hydrogens is 552 g/mol. The van der Waals surface area contributed by atoms with Gasteiger partial charge in [-0.2, -0.15) is 0 Å². The normalized spacial score (nSPS) is 19.2. The van der Waals surface area contributed by atoms with Gasteiger partial charge in [-0.05, 0) is 70.2 Å². The van der Waals surface area contributed by atoms with Gasteiger partial charge in [-0.3, -0.25) is 0 Å². The van der Waals surface area contributed by atoms with E-state index in [4.69, 9.17) is 18.9 Å². The van der Waals surface area contributed by atoms with Crippen LogP contribution in [-0.2, 0) is 13.1 Å². The van der Waals surface area contributed by atoms with Crippen LogP contribution >= 0.6 is 0 Å². The van der Waals surface area contributed by atoms with Gasteiger partial charge >= 0.3 is 0 Å². The molecule has 6 N–H and O–H groups in total. The lowest BCUT2D eigenvalue weighted by atomic mass is 9.49. The highest BCUT2D eigenvalue weighted by Crippen LogP contribution is 2.67. The van der Waals surface area contributed by atoms with Crippen LogP contribution in [0.2, 0.25) is 0 Å². The number of quaternary nitrogens is 2. The number of methoxy groups -OCH3 is 4. The Hall–Kier alpha value is -4.14. The molecule has 8 heteroatoms. The number of ether oxygens (including phenoxy) is 4. The Kier molecular flexibility index (Phi) is 10.4. The van der Waals surface area contributed by atoms with Crippen molar-refractivity contribution in [2.45, 2.75) is 49.6 Å². The molecule has 232 valence electrons. The smallest absolute Gasteiger partial charge is 0.169 e. The van der Waals surface area contributed by atoms with E-state index in [0.29, 0.717) is 0 Å². The number of benzene rings is 2. The van der Waals surface area contributed by atoms with Crippen molar-refractivity contribution in [1.82, 2.24) is 0 Å². The van der Waals surface area contributed by atoms with Crippen LogP contribution in [0, 0.1) is 0 Å². The molecule has 0 amide bonds. The van der Waals surface area contributed by atoms with Crippen molar-refractivity contribution in [3.63, 3.8) is 0 Å². The van der Waals surface area contributed by atoms with Crippen LogP contribution in [-0.4, -0.2) is 41.5 Å². The van der Waals surface area contributed by atoms with Crippen LogP contribution in [0.5, 0.6) is 23.0 Å². The maximum atomic E-state index is 5.78. The van der Waals surface area contributed by atoms with Gasteiger partial charge in [0, 0.05) is 24.3 Å². The van der Waals surface area contributed by atoms with Gasteiger partial charge in [-0.15, -0.1) is 0 Å². The summed E-state index contributed by atoms with van der Waals surface area (Å²) < 4.78 is 27.3. The number of nitrogens with zero attached hydrogens (tertiary/aromatic N) is 2. The third kappa shape index (κ3) is 6.37. The van der Waals surface area contributed by atoms with E-state index in [9.17, 15) is 0 Å². The molecule has 1 aliphatic rings. The molecular formula is C36H48N4O4+4. The first kappa shape index (κ1) is 31.3. The topological polar surface area (TPSA) is 100.0 Å². The van der Waals surface area contributed by atoms with Gasteiger partial charge in [-0.1, -0.05) is 12.1 Å². The zero-order valence-electron chi connectivity index (χ0n) is 26.6. The summed E-state index contributed by atoms with van der Waals surface area (Å²) in [6.45, 7) is 3.78. The molecule has 1 fully saturated rings. The Morgan fingerprint density at radius 1 is 0.477 bits per heavy atom. The third-order valence-electron chi connectivity index (χ3n) is 9.07. The standard InChI is InChI=1S/C36H46N4O4/c1-41-29-9-7-27(23-31(29)43-3)35-33(25-11-19-39(20-12-25)17-5-15-37)36(28-8-10-30(42-2)32(24-28)44-4)34(35)26-13-21-40(22-14-26)18-6-16-38/h7-14,19-24,33-36H,5-6,15-18,37-38H2,1-4H3/q+2/p+2. The summed E-state index contributed by atoms with van der Waals surface area (Å²) in [6.07, 6.45) is 11.0. The maximum absolute atomic E-state index is 5.78. The van der Waals surface area contributed by atoms with Gasteiger partial charge in [0.1, 0.15) is 0 Å². The first-order valence-electron chi connectivity index (χ1n) is 15.6. The Balaban J connectivity index is 1.65. The van der Waals surface area contributed by atoms with E-state index in [-0.39, 0.29) is 23.7 Å². The summed E-state index contributed by atoms with van der Waals surface area (Å²) >= 11 is 0. The summed E-state index contributed by atoms with van der Waals surface area (Å²) in [4.78, 5) is 0. The number of hydrogen-bond acceptors (Lipinski definition) is 4. The van der Waals surface area contributed by atoms with Gasteiger partial charge in [0.05, 0.1) is 54.4 Å². The predicted molar refractivity (Wildman–Crippen MR) is 168 cm³/mol. The van der Waals surface area contributed by atoms with Crippen molar-refractivity contribution in [3.8, 4) is 23.0 Å². The molecule has 2 aromatic carbocycles. The highest BCUT2D eigenvalue weighted by molar-refractivity contribution is 5.53. The lowest BCUT2D eigenvalue weighted by molar-refractivity contribution is -0.699. The fraction of sp³-hybridized carbons (Fsp3) is 0.389. The largest absolute Gasteiger partial charge is 0.493 e. The third-order valence-corrected chi connectivity index (χ3v) is 9.07. The van der Waals surface area contributed by atoms with E-state index in [1.54, 1.807) is 28.4 Å². The van der Waals surface area contributed by atoms with Crippen LogP contribution in [0.3, 0.4) is 0 Å². The van der Waals surface area contributed by atoms with Gasteiger partial charge < -0.3 is 30.4 Å². The molecule has 0 radical (unpaired) electrons. The average Bonchev–Trinajstić information content (AvgIpc) is 3.06. The molecule has 2 aromatic heterocycles. The van der Waals surface area contributed by atoms with Crippen LogP contribution < -0.4 is 39.5 Å². The van der Waals surface area contributed by atoms with Crippen molar-refractivity contribution in [1.29, 1.82) is 0 Å². The Bertz CT molecular complexity index is 1390. The van der Waals surface area contributed by atoms with Gasteiger partial charge in [0.2, 0.25) is 0 Å². The number of aryl methyl sites for hydroxylation is 2. The number of aromatic nitrogens is 2. The molecule has 5 rings (SSSR count). The van der Waals surface area contributed by atoms with Crippen molar-refractivity contribution in [3.05, 3.63) is 108 Å². The minimum atomic E-state index is 0.208. The van der Waals surface area contributed by atoms with Gasteiger partial charge in [0.15, 0.2) is 60.9 Å². The molecule has 0 saturated heterocycles. The van der Waals surface area contributed by atoms with E-state index in [1.165, 1.54) is 22.3 Å². The zero-order chi connectivity index (χ0) is 31.1. The van der Waals surface area contributed by atoms with Crippen LogP contribution in [0.1, 0.15) is 58.8 Å². The molecule has 4 aromatic rings. The predicted octanol–water partition coefficient (Wildman–Crippen LogP) is 3.01. The maximum Gasteiger partial charge on any atom is 0.169 e. The van der Waals surface area contributed by atoms with Crippen molar-refractivity contribution < 1.29 is 39.5 Å². The summed E-state index contributed by atoms with van der Waals surface area (Å²) in [5.74, 6) is 3.81. The minimum absolute atomic E-state index is 0.208. The minimum Gasteiger partial charge on any atom is -0.493 e. The van der Waals surface area contributed by atoms with E-state index in [1.807, 2.05) is 12.1 Å². The Morgan fingerprint density at radius 3 is 1.14 bits per heavy atom. The second kappa shape index (κ2) is 14.6. The molecule has 1 saturated carbocycles. The van der Waals surface area contributed by atoms with Gasteiger partial charge in [0.25, 0.3) is 0 Å². The molecule has 8 nitrogen and oxygen atoms in total. The van der Waals surface area contributed by atoms with Crippen LogP contribution in [0.4, 0.5) is 0 Å². The second-order valence-corrected chi connectivity index (χ2v) is 11.5. The first-order chi connectivity index (χ1) is 21.6. The average molecular weight is 601 g/mol. The van der Waals surface area contributed by atoms with Crippen LogP contribution in [0.15, 0.2) is 85.5 Å². The molecule has 1 aliphatic carbocycles. The van der Waals surface area contributed by atoms with Crippen LogP contribution in [0.25, 0.3) is 0 Å². The molecule has 0 bridgehead atoms. The van der Waals surface area contributed by atoms with Crippen molar-refractivity contribution in [2.24, 2.45) is 0 Å². The van der Waals surface area contributed by atoms with E-state index < -0.39 is 0 Å². The van der Waals surface area contributed by atoms with E-state index in [2.05, 4.69) is 93.9 Å². The van der Waals surface area contributed by atoms with E-state index >= 15 is 0 Å². The molecule has 44 heavy (non-hydrogen) atoms. The fourth-order valence-electron chi connectivity index (χ4n) is 6.80. The summed E-state index contributed by atoms with van der Waals surface area (Å²) in [6, 6.07) is 21.9. The molecule has 0 spiro atoms. The zero-order valence-corrected chi connectivity index (χ0v) is 26.6. The monoisotopic (exact) mass is 600 g/mol. The fourth-order valence-corrected chi connectivity index (χ4v) is 6.80. The number of pyridine rings is 2.